The SMILES string of the molecule is CCOc1ccc(CC(=O)Nc2ccc(NS(=O)(=O)c3ccc4c(c3)OCCCO4)cc2)cc1. The highest BCUT2D eigenvalue weighted by molar-refractivity contribution is 7.92. The van der Waals surface area contributed by atoms with E-state index in [0.717, 1.165) is 17.7 Å². The van der Waals surface area contributed by atoms with E-state index in [0.29, 0.717) is 42.7 Å². The van der Waals surface area contributed by atoms with Crippen LogP contribution in [0.5, 0.6) is 17.2 Å². The summed E-state index contributed by atoms with van der Waals surface area (Å²) < 4.78 is 44.7. The van der Waals surface area contributed by atoms with Crippen LogP contribution in [0.4, 0.5) is 11.4 Å². The minimum absolute atomic E-state index is 0.0736. The summed E-state index contributed by atoms with van der Waals surface area (Å²) >= 11 is 0. The van der Waals surface area contributed by atoms with Crippen LogP contribution in [0, 0.1) is 0 Å². The average molecular weight is 483 g/mol. The minimum atomic E-state index is -3.83. The van der Waals surface area contributed by atoms with Crippen molar-refractivity contribution in [3.05, 3.63) is 72.3 Å². The van der Waals surface area contributed by atoms with E-state index in [-0.39, 0.29) is 17.2 Å². The molecule has 1 amide bonds. The van der Waals surface area contributed by atoms with Crippen LogP contribution < -0.4 is 24.2 Å². The van der Waals surface area contributed by atoms with Gasteiger partial charge < -0.3 is 19.5 Å². The molecule has 2 N–H and O–H groups in total. The molecule has 1 heterocycles. The highest BCUT2D eigenvalue weighted by atomic mass is 32.2. The van der Waals surface area contributed by atoms with Gasteiger partial charge in [-0.1, -0.05) is 12.1 Å². The van der Waals surface area contributed by atoms with E-state index in [2.05, 4.69) is 10.0 Å². The highest BCUT2D eigenvalue weighted by Crippen LogP contribution is 2.32. The lowest BCUT2D eigenvalue weighted by atomic mass is 10.1. The topological polar surface area (TPSA) is 103 Å². The molecule has 0 atom stereocenters. The third kappa shape index (κ3) is 5.99. The number of rotatable bonds is 8. The number of anilines is 2. The highest BCUT2D eigenvalue weighted by Gasteiger charge is 2.19. The lowest BCUT2D eigenvalue weighted by molar-refractivity contribution is -0.115. The number of ether oxygens (including phenoxy) is 3. The number of benzene rings is 3. The molecule has 1 aliphatic rings. The molecule has 0 fully saturated rings. The van der Waals surface area contributed by atoms with E-state index >= 15 is 0 Å². The zero-order valence-electron chi connectivity index (χ0n) is 18.7. The van der Waals surface area contributed by atoms with Crippen LogP contribution >= 0.6 is 0 Å². The van der Waals surface area contributed by atoms with Crippen LogP contribution in [0.3, 0.4) is 0 Å². The first kappa shape index (κ1) is 23.4. The van der Waals surface area contributed by atoms with Crippen molar-refractivity contribution in [1.29, 1.82) is 0 Å². The van der Waals surface area contributed by atoms with Crippen molar-refractivity contribution in [3.8, 4) is 17.2 Å². The van der Waals surface area contributed by atoms with Gasteiger partial charge in [0.15, 0.2) is 11.5 Å². The Morgan fingerprint density at radius 2 is 1.59 bits per heavy atom. The van der Waals surface area contributed by atoms with Crippen LogP contribution in [0.2, 0.25) is 0 Å². The first-order valence-electron chi connectivity index (χ1n) is 11.0. The first-order chi connectivity index (χ1) is 16.4. The quantitative estimate of drug-likeness (QED) is 0.498. The molecule has 3 aromatic rings. The molecule has 0 spiro atoms. The Morgan fingerprint density at radius 3 is 2.29 bits per heavy atom. The van der Waals surface area contributed by atoms with Gasteiger partial charge in [0, 0.05) is 23.9 Å². The molecule has 1 aliphatic heterocycles. The molecule has 4 rings (SSSR count). The molecule has 9 heteroatoms. The fourth-order valence-electron chi connectivity index (χ4n) is 3.41. The lowest BCUT2D eigenvalue weighted by Crippen LogP contribution is -2.15. The third-order valence-electron chi connectivity index (χ3n) is 5.05. The number of hydrogen-bond donors (Lipinski definition) is 2. The Hall–Kier alpha value is -3.72. The summed E-state index contributed by atoms with van der Waals surface area (Å²) in [6.07, 6.45) is 0.947. The zero-order valence-corrected chi connectivity index (χ0v) is 19.6. The van der Waals surface area contributed by atoms with Gasteiger partial charge in [-0.25, -0.2) is 8.42 Å². The molecule has 0 saturated carbocycles. The van der Waals surface area contributed by atoms with E-state index < -0.39 is 10.0 Å². The predicted octanol–water partition coefficient (Wildman–Crippen LogP) is 4.23. The van der Waals surface area contributed by atoms with Gasteiger partial charge in [0.05, 0.1) is 31.1 Å². The number of fused-ring (bicyclic) bond motifs is 1. The fourth-order valence-corrected chi connectivity index (χ4v) is 4.48. The van der Waals surface area contributed by atoms with Crippen molar-refractivity contribution in [1.82, 2.24) is 0 Å². The predicted molar refractivity (Wildman–Crippen MR) is 129 cm³/mol. The number of carbonyl (C=O) groups excluding carboxylic acids is 1. The standard InChI is InChI=1S/C25H26N2O6S/c1-2-31-21-10-4-18(5-11-21)16-25(28)26-19-6-8-20(9-7-19)27-34(29,30)22-12-13-23-24(17-22)33-15-3-14-32-23/h4-13,17,27H,2-3,14-16H2,1H3,(H,26,28). The molecule has 0 aliphatic carbocycles. The maximum absolute atomic E-state index is 12.8. The summed E-state index contributed by atoms with van der Waals surface area (Å²) in [6, 6.07) is 18.3. The molecule has 0 saturated heterocycles. The Bertz CT molecular complexity index is 1240. The number of hydrogen-bond acceptors (Lipinski definition) is 6. The summed E-state index contributed by atoms with van der Waals surface area (Å²) in [5.74, 6) is 1.52. The normalized spacial score (nSPS) is 13.0. The number of sulfonamides is 1. The molecule has 0 bridgehead atoms. The van der Waals surface area contributed by atoms with Crippen LogP contribution in [0.15, 0.2) is 71.6 Å². The molecule has 3 aromatic carbocycles. The maximum Gasteiger partial charge on any atom is 0.262 e. The van der Waals surface area contributed by atoms with Crippen molar-refractivity contribution >= 4 is 27.3 Å². The zero-order chi connectivity index (χ0) is 24.0. The minimum Gasteiger partial charge on any atom is -0.494 e. The second-order valence-electron chi connectivity index (χ2n) is 7.64. The maximum atomic E-state index is 12.8. The Balaban J connectivity index is 1.36. The van der Waals surface area contributed by atoms with Crippen LogP contribution in [-0.4, -0.2) is 34.1 Å². The van der Waals surface area contributed by atoms with Crippen molar-refractivity contribution in [2.24, 2.45) is 0 Å². The Kier molecular flexibility index (Phi) is 7.22. The summed E-state index contributed by atoms with van der Waals surface area (Å²) in [5, 5.41) is 2.81. The van der Waals surface area contributed by atoms with Crippen molar-refractivity contribution < 1.29 is 27.4 Å². The van der Waals surface area contributed by atoms with Gasteiger partial charge in [0.1, 0.15) is 5.75 Å². The smallest absolute Gasteiger partial charge is 0.262 e. The second-order valence-corrected chi connectivity index (χ2v) is 9.33. The molecule has 0 aromatic heterocycles. The van der Waals surface area contributed by atoms with Crippen LogP contribution in [0.25, 0.3) is 0 Å². The van der Waals surface area contributed by atoms with Gasteiger partial charge in [-0.15, -0.1) is 0 Å². The fraction of sp³-hybridized carbons (Fsp3) is 0.240. The first-order valence-corrected chi connectivity index (χ1v) is 12.5. The summed E-state index contributed by atoms with van der Waals surface area (Å²) in [4.78, 5) is 12.4. The van der Waals surface area contributed by atoms with E-state index in [9.17, 15) is 13.2 Å². The van der Waals surface area contributed by atoms with E-state index in [1.165, 1.54) is 12.1 Å². The van der Waals surface area contributed by atoms with Gasteiger partial charge in [0.2, 0.25) is 5.91 Å². The van der Waals surface area contributed by atoms with Crippen LogP contribution in [-0.2, 0) is 21.2 Å². The molecule has 0 radical (unpaired) electrons. The van der Waals surface area contributed by atoms with Gasteiger partial charge in [-0.3, -0.25) is 9.52 Å². The molecular formula is C25H26N2O6S. The van der Waals surface area contributed by atoms with E-state index in [1.807, 2.05) is 31.2 Å². The summed E-state index contributed by atoms with van der Waals surface area (Å²) in [6.45, 7) is 3.50. The Labute approximate surface area is 198 Å². The van der Waals surface area contributed by atoms with E-state index in [1.54, 1.807) is 30.3 Å². The molecular weight excluding hydrogens is 456 g/mol. The van der Waals surface area contributed by atoms with E-state index in [4.69, 9.17) is 14.2 Å². The largest absolute Gasteiger partial charge is 0.494 e. The van der Waals surface area contributed by atoms with Crippen molar-refractivity contribution in [3.63, 3.8) is 0 Å². The van der Waals surface area contributed by atoms with Gasteiger partial charge in [-0.2, -0.15) is 0 Å². The Morgan fingerprint density at radius 1 is 0.912 bits per heavy atom. The lowest BCUT2D eigenvalue weighted by Gasteiger charge is -2.12. The molecule has 34 heavy (non-hydrogen) atoms. The van der Waals surface area contributed by atoms with Crippen molar-refractivity contribution in [2.75, 3.05) is 29.9 Å². The van der Waals surface area contributed by atoms with Gasteiger partial charge in [-0.05, 0) is 61.0 Å². The summed E-state index contributed by atoms with van der Waals surface area (Å²) in [7, 11) is -3.83. The van der Waals surface area contributed by atoms with Gasteiger partial charge in [0.25, 0.3) is 10.0 Å². The molecule has 0 unspecified atom stereocenters. The van der Waals surface area contributed by atoms with Crippen LogP contribution in [0.1, 0.15) is 18.9 Å². The second kappa shape index (κ2) is 10.5. The number of nitrogens with one attached hydrogen (secondary N) is 2. The summed E-state index contributed by atoms with van der Waals surface area (Å²) in [5.41, 5.74) is 1.80. The van der Waals surface area contributed by atoms with Crippen molar-refractivity contribution in [2.45, 2.75) is 24.7 Å². The number of carbonyl (C=O) groups is 1. The molecule has 8 nitrogen and oxygen atoms in total. The van der Waals surface area contributed by atoms with Gasteiger partial charge >= 0.3 is 0 Å². The monoisotopic (exact) mass is 482 g/mol. The average Bonchev–Trinajstić information content (AvgIpc) is 3.07. The molecule has 178 valence electrons. The third-order valence-corrected chi connectivity index (χ3v) is 6.43. The number of amides is 1.